The molecule has 5 N–H and O–H groups in total. The summed E-state index contributed by atoms with van der Waals surface area (Å²) in [7, 11) is 0. The zero-order valence-electron chi connectivity index (χ0n) is 13.2. The van der Waals surface area contributed by atoms with Gasteiger partial charge in [0, 0.05) is 19.3 Å². The molecule has 6 nitrogen and oxygen atoms in total. The Bertz CT molecular complexity index is 376. The maximum absolute atomic E-state index is 11.8. The number of nitrogens with one attached hydrogen (secondary N) is 1. The fourth-order valence-electron chi connectivity index (χ4n) is 3.16. The molecule has 22 heavy (non-hydrogen) atoms. The topological polar surface area (TPSA) is 103 Å². The summed E-state index contributed by atoms with van der Waals surface area (Å²) in [6.07, 6.45) is 8.64. The van der Waals surface area contributed by atoms with Crippen molar-refractivity contribution in [2.75, 3.05) is 19.8 Å². The van der Waals surface area contributed by atoms with Gasteiger partial charge in [-0.25, -0.2) is 0 Å². The largest absolute Gasteiger partial charge is 0.381 e. The summed E-state index contributed by atoms with van der Waals surface area (Å²) in [5.41, 5.74) is 11.0. The zero-order chi connectivity index (χ0) is 15.1. The van der Waals surface area contributed by atoms with Crippen LogP contribution in [0.5, 0.6) is 0 Å². The van der Waals surface area contributed by atoms with E-state index in [9.17, 15) is 4.79 Å². The SMILES string of the molecule is I.NC(=O)C1(CN=C(N)NC2CCCCCC2)CCOCC1. The molecule has 0 spiro atoms. The first kappa shape index (κ1) is 19.5. The first-order chi connectivity index (χ1) is 10.1. The first-order valence-corrected chi connectivity index (χ1v) is 8.06. The van der Waals surface area contributed by atoms with Gasteiger partial charge in [-0.3, -0.25) is 9.79 Å². The van der Waals surface area contributed by atoms with Crippen molar-refractivity contribution in [1.29, 1.82) is 0 Å². The number of hydrogen-bond acceptors (Lipinski definition) is 3. The third kappa shape index (κ3) is 5.57. The van der Waals surface area contributed by atoms with Gasteiger partial charge >= 0.3 is 0 Å². The molecule has 7 heteroatoms. The lowest BCUT2D eigenvalue weighted by Crippen LogP contribution is -2.46. The molecule has 0 aromatic carbocycles. The standard InChI is InChI=1S/C15H28N4O2.HI/c16-13(20)15(7-9-21-10-8-15)11-18-14(17)19-12-5-3-1-2-4-6-12;/h12H,1-11H2,(H2,16,20)(H3,17,18,19);1H. The molecule has 0 aromatic heterocycles. The van der Waals surface area contributed by atoms with Crippen LogP contribution in [0.1, 0.15) is 51.4 Å². The summed E-state index contributed by atoms with van der Waals surface area (Å²) in [6, 6.07) is 0.412. The predicted molar refractivity (Wildman–Crippen MR) is 98.2 cm³/mol. The Kier molecular flexibility index (Phi) is 8.45. The average molecular weight is 424 g/mol. The van der Waals surface area contributed by atoms with Crippen LogP contribution in [0, 0.1) is 5.41 Å². The number of halogens is 1. The number of aliphatic imine (C=N–C) groups is 1. The van der Waals surface area contributed by atoms with Gasteiger partial charge in [0.25, 0.3) is 0 Å². The minimum atomic E-state index is -0.589. The Labute approximate surface area is 149 Å². The molecule has 1 heterocycles. The maximum atomic E-state index is 11.8. The summed E-state index contributed by atoms with van der Waals surface area (Å²) in [5, 5.41) is 3.30. The van der Waals surface area contributed by atoms with E-state index in [1.807, 2.05) is 0 Å². The van der Waals surface area contributed by atoms with Crippen molar-refractivity contribution in [1.82, 2.24) is 5.32 Å². The first-order valence-electron chi connectivity index (χ1n) is 8.06. The van der Waals surface area contributed by atoms with Gasteiger partial charge in [0.2, 0.25) is 5.91 Å². The number of amides is 1. The van der Waals surface area contributed by atoms with Crippen LogP contribution >= 0.6 is 24.0 Å². The summed E-state index contributed by atoms with van der Waals surface area (Å²) in [6.45, 7) is 1.49. The second-order valence-corrected chi connectivity index (χ2v) is 6.29. The number of nitrogens with two attached hydrogens (primary N) is 2. The lowest BCUT2D eigenvalue weighted by Gasteiger charge is -2.32. The number of carbonyl (C=O) groups is 1. The fourth-order valence-corrected chi connectivity index (χ4v) is 3.16. The highest BCUT2D eigenvalue weighted by molar-refractivity contribution is 14.0. The van der Waals surface area contributed by atoms with Gasteiger partial charge in [0.15, 0.2) is 5.96 Å². The van der Waals surface area contributed by atoms with Crippen LogP contribution in [0.2, 0.25) is 0 Å². The van der Waals surface area contributed by atoms with Gasteiger partial charge in [0.05, 0.1) is 12.0 Å². The molecule has 0 bridgehead atoms. The van der Waals surface area contributed by atoms with Crippen LogP contribution in [0.3, 0.4) is 0 Å². The van der Waals surface area contributed by atoms with Crippen molar-refractivity contribution < 1.29 is 9.53 Å². The molecule has 0 radical (unpaired) electrons. The molecular weight excluding hydrogens is 395 g/mol. The van der Waals surface area contributed by atoms with E-state index in [0.29, 0.717) is 44.6 Å². The smallest absolute Gasteiger partial charge is 0.225 e. The second-order valence-electron chi connectivity index (χ2n) is 6.29. The number of ether oxygens (including phenoxy) is 1. The minimum Gasteiger partial charge on any atom is -0.381 e. The Morgan fingerprint density at radius 2 is 1.73 bits per heavy atom. The van der Waals surface area contributed by atoms with E-state index in [-0.39, 0.29) is 29.9 Å². The molecule has 0 aromatic rings. The second kappa shape index (κ2) is 9.54. The molecule has 1 saturated heterocycles. The van der Waals surface area contributed by atoms with Crippen LogP contribution < -0.4 is 16.8 Å². The molecule has 0 atom stereocenters. The van der Waals surface area contributed by atoms with E-state index < -0.39 is 5.41 Å². The van der Waals surface area contributed by atoms with Gasteiger partial charge in [-0.1, -0.05) is 25.7 Å². The maximum Gasteiger partial charge on any atom is 0.225 e. The summed E-state index contributed by atoms with van der Waals surface area (Å²) in [5.74, 6) is 0.144. The highest BCUT2D eigenvalue weighted by Gasteiger charge is 2.38. The summed E-state index contributed by atoms with van der Waals surface area (Å²) < 4.78 is 5.31. The van der Waals surface area contributed by atoms with Gasteiger partial charge in [0.1, 0.15) is 0 Å². The molecular formula is C15H29IN4O2. The van der Waals surface area contributed by atoms with E-state index in [4.69, 9.17) is 16.2 Å². The number of nitrogens with zero attached hydrogens (tertiary/aromatic N) is 1. The minimum absolute atomic E-state index is 0. The third-order valence-electron chi connectivity index (χ3n) is 4.73. The number of hydrogen-bond donors (Lipinski definition) is 3. The van der Waals surface area contributed by atoms with Crippen LogP contribution in [0.4, 0.5) is 0 Å². The Balaban J connectivity index is 0.00000242. The predicted octanol–water partition coefficient (Wildman–Crippen LogP) is 1.51. The number of guanidine groups is 1. The molecule has 1 amide bonds. The van der Waals surface area contributed by atoms with Crippen molar-refractivity contribution in [2.45, 2.75) is 57.4 Å². The lowest BCUT2D eigenvalue weighted by molar-refractivity contribution is -0.132. The van der Waals surface area contributed by atoms with Crippen molar-refractivity contribution in [3.63, 3.8) is 0 Å². The lowest BCUT2D eigenvalue weighted by atomic mass is 9.79. The van der Waals surface area contributed by atoms with E-state index in [0.717, 1.165) is 12.8 Å². The normalized spacial score (nSPS) is 23.2. The van der Waals surface area contributed by atoms with Crippen LogP contribution in [0.25, 0.3) is 0 Å². The average Bonchev–Trinajstić information content (AvgIpc) is 2.74. The molecule has 2 rings (SSSR count). The Hall–Kier alpha value is -0.570. The Morgan fingerprint density at radius 1 is 1.14 bits per heavy atom. The molecule has 2 aliphatic rings. The van der Waals surface area contributed by atoms with Crippen molar-refractivity contribution in [3.8, 4) is 0 Å². The Morgan fingerprint density at radius 3 is 2.27 bits per heavy atom. The van der Waals surface area contributed by atoms with Crippen LogP contribution in [-0.2, 0) is 9.53 Å². The highest BCUT2D eigenvalue weighted by Crippen LogP contribution is 2.30. The van der Waals surface area contributed by atoms with Crippen molar-refractivity contribution in [2.24, 2.45) is 21.9 Å². The molecule has 128 valence electrons. The fraction of sp³-hybridized carbons (Fsp3) is 0.867. The van der Waals surface area contributed by atoms with Gasteiger partial charge in [-0.15, -0.1) is 24.0 Å². The monoisotopic (exact) mass is 424 g/mol. The van der Waals surface area contributed by atoms with Crippen molar-refractivity contribution in [3.05, 3.63) is 0 Å². The molecule has 1 aliphatic heterocycles. The summed E-state index contributed by atoms with van der Waals surface area (Å²) in [4.78, 5) is 16.2. The molecule has 0 unspecified atom stereocenters. The number of primary amides is 1. The third-order valence-corrected chi connectivity index (χ3v) is 4.73. The molecule has 1 saturated carbocycles. The quantitative estimate of drug-likeness (QED) is 0.276. The number of rotatable bonds is 4. The molecule has 2 fully saturated rings. The van der Waals surface area contributed by atoms with E-state index >= 15 is 0 Å². The van der Waals surface area contributed by atoms with Crippen LogP contribution in [0.15, 0.2) is 4.99 Å². The van der Waals surface area contributed by atoms with Gasteiger partial charge in [-0.2, -0.15) is 0 Å². The zero-order valence-corrected chi connectivity index (χ0v) is 15.5. The summed E-state index contributed by atoms with van der Waals surface area (Å²) >= 11 is 0. The molecule has 1 aliphatic carbocycles. The van der Waals surface area contributed by atoms with E-state index in [2.05, 4.69) is 10.3 Å². The van der Waals surface area contributed by atoms with Gasteiger partial charge < -0.3 is 21.5 Å². The van der Waals surface area contributed by atoms with Gasteiger partial charge in [-0.05, 0) is 25.7 Å². The number of carbonyl (C=O) groups excluding carboxylic acids is 1. The van der Waals surface area contributed by atoms with E-state index in [1.54, 1.807) is 0 Å². The van der Waals surface area contributed by atoms with Crippen LogP contribution in [-0.4, -0.2) is 37.7 Å². The highest BCUT2D eigenvalue weighted by atomic mass is 127. The van der Waals surface area contributed by atoms with Crippen molar-refractivity contribution >= 4 is 35.8 Å². The van der Waals surface area contributed by atoms with E-state index in [1.165, 1.54) is 25.7 Å².